The topological polar surface area (TPSA) is 73.5 Å². The minimum absolute atomic E-state index is 0.379. The Bertz CT molecular complexity index is 788. The average molecular weight is 315 g/mol. The summed E-state index contributed by atoms with van der Waals surface area (Å²) in [6, 6.07) is 2.18. The van der Waals surface area contributed by atoms with E-state index in [1.165, 1.54) is 0 Å². The number of nitrogens with zero attached hydrogens (tertiary/aromatic N) is 5. The van der Waals surface area contributed by atoms with Crippen molar-refractivity contribution in [1.29, 1.82) is 5.26 Å². The first-order valence-corrected chi connectivity index (χ1v) is 7.43. The first-order chi connectivity index (χ1) is 10.7. The molecule has 6 nitrogen and oxygen atoms in total. The fraction of sp³-hybridized carbons (Fsp3) is 0.400. The molecule has 0 radical (unpaired) electrons. The van der Waals surface area contributed by atoms with Gasteiger partial charge < -0.3 is 4.90 Å². The number of H-pyrrole nitrogens is 1. The van der Waals surface area contributed by atoms with Crippen molar-refractivity contribution in [2.75, 3.05) is 18.5 Å². The van der Waals surface area contributed by atoms with Gasteiger partial charge in [-0.1, -0.05) is 17.5 Å². The van der Waals surface area contributed by atoms with Crippen LogP contribution in [0.3, 0.4) is 0 Å². The Morgan fingerprint density at radius 3 is 2.95 bits per heavy atom. The van der Waals surface area contributed by atoms with Crippen LogP contribution in [0.2, 0.25) is 5.02 Å². The molecule has 2 aromatic rings. The molecular weight excluding hydrogens is 300 g/mol. The third kappa shape index (κ3) is 2.22. The number of hydrogen-bond acceptors (Lipinski definition) is 4. The zero-order valence-electron chi connectivity index (χ0n) is 12.2. The van der Waals surface area contributed by atoms with E-state index in [0.717, 1.165) is 31.5 Å². The summed E-state index contributed by atoms with van der Waals surface area (Å²) in [5.74, 6) is 3.12. The smallest absolute Gasteiger partial charge is 0.143 e. The lowest BCUT2D eigenvalue weighted by molar-refractivity contribution is 0.487. The van der Waals surface area contributed by atoms with Crippen molar-refractivity contribution in [2.24, 2.45) is 0 Å². The maximum absolute atomic E-state index is 9.49. The summed E-state index contributed by atoms with van der Waals surface area (Å²) in [6.07, 6.45) is 8.42. The molecule has 1 aliphatic rings. The van der Waals surface area contributed by atoms with E-state index in [9.17, 15) is 5.26 Å². The van der Waals surface area contributed by atoms with Crippen molar-refractivity contribution < 1.29 is 0 Å². The highest BCUT2D eigenvalue weighted by Crippen LogP contribution is 2.35. The van der Waals surface area contributed by atoms with E-state index in [-0.39, 0.29) is 0 Å². The van der Waals surface area contributed by atoms with Crippen molar-refractivity contribution in [1.82, 2.24) is 20.0 Å². The van der Waals surface area contributed by atoms with Gasteiger partial charge in [-0.05, 0) is 19.3 Å². The molecule has 0 saturated heterocycles. The lowest BCUT2D eigenvalue weighted by Gasteiger charge is -2.13. The van der Waals surface area contributed by atoms with Crippen molar-refractivity contribution in [3.8, 4) is 29.8 Å². The maximum Gasteiger partial charge on any atom is 0.143 e. The van der Waals surface area contributed by atoms with Gasteiger partial charge in [0.1, 0.15) is 28.8 Å². The summed E-state index contributed by atoms with van der Waals surface area (Å²) in [5.41, 5.74) is 2.48. The van der Waals surface area contributed by atoms with Gasteiger partial charge >= 0.3 is 0 Å². The number of anilines is 1. The molecule has 0 spiro atoms. The molecule has 1 N–H and O–H groups in total. The molecule has 22 heavy (non-hydrogen) atoms. The van der Waals surface area contributed by atoms with E-state index < -0.39 is 0 Å². The van der Waals surface area contributed by atoms with Gasteiger partial charge in [0.15, 0.2) is 0 Å². The molecule has 0 amide bonds. The lowest BCUT2D eigenvalue weighted by Crippen LogP contribution is -2.18. The highest BCUT2D eigenvalue weighted by Gasteiger charge is 2.25. The maximum atomic E-state index is 9.49. The second-order valence-corrected chi connectivity index (χ2v) is 5.64. The van der Waals surface area contributed by atoms with Crippen LogP contribution in [0.4, 0.5) is 5.82 Å². The first-order valence-electron chi connectivity index (χ1n) is 7.06. The number of aromatic nitrogens is 4. The van der Waals surface area contributed by atoms with Crippen LogP contribution in [0.5, 0.6) is 0 Å². The van der Waals surface area contributed by atoms with Gasteiger partial charge in [-0.3, -0.25) is 9.78 Å². The SMILES string of the molecule is C#CCN(C)c1[nH]nc(-c2nn3c(c2Cl)CCCC3)c1C#N. The monoisotopic (exact) mass is 314 g/mol. The fourth-order valence-corrected chi connectivity index (χ4v) is 3.03. The van der Waals surface area contributed by atoms with E-state index in [4.69, 9.17) is 18.0 Å². The molecule has 112 valence electrons. The molecule has 0 unspecified atom stereocenters. The van der Waals surface area contributed by atoms with Crippen molar-refractivity contribution >= 4 is 17.4 Å². The van der Waals surface area contributed by atoms with E-state index >= 15 is 0 Å². The van der Waals surface area contributed by atoms with Crippen LogP contribution in [0.15, 0.2) is 0 Å². The van der Waals surface area contributed by atoms with Gasteiger partial charge in [0, 0.05) is 13.6 Å². The van der Waals surface area contributed by atoms with Crippen LogP contribution in [-0.4, -0.2) is 33.6 Å². The summed E-state index contributed by atoms with van der Waals surface area (Å²) in [4.78, 5) is 1.76. The molecule has 3 heterocycles. The lowest BCUT2D eigenvalue weighted by atomic mass is 10.1. The Hall–Kier alpha value is -2.44. The number of halogens is 1. The number of terminal acetylenes is 1. The first kappa shape index (κ1) is 14.5. The molecule has 3 rings (SSSR count). The van der Waals surface area contributed by atoms with Crippen molar-refractivity contribution in [2.45, 2.75) is 25.8 Å². The Morgan fingerprint density at radius 2 is 2.27 bits per heavy atom. The Balaban J connectivity index is 2.09. The van der Waals surface area contributed by atoms with Crippen LogP contribution < -0.4 is 4.90 Å². The summed E-state index contributed by atoms with van der Waals surface area (Å²) >= 11 is 6.46. The van der Waals surface area contributed by atoms with Crippen molar-refractivity contribution in [3.05, 3.63) is 16.3 Å². The van der Waals surface area contributed by atoms with Gasteiger partial charge in [0.05, 0.1) is 17.3 Å². The second kappa shape index (κ2) is 5.75. The summed E-state index contributed by atoms with van der Waals surface area (Å²) in [5, 5.41) is 21.7. The van der Waals surface area contributed by atoms with Crippen LogP contribution in [0, 0.1) is 23.7 Å². The van der Waals surface area contributed by atoms with Crippen LogP contribution in [0.1, 0.15) is 24.1 Å². The molecule has 0 atom stereocenters. The normalized spacial score (nSPS) is 13.3. The predicted octanol–water partition coefficient (Wildman–Crippen LogP) is 2.20. The quantitative estimate of drug-likeness (QED) is 0.881. The molecule has 0 bridgehead atoms. The number of aryl methyl sites for hydroxylation is 1. The van der Waals surface area contributed by atoms with Gasteiger partial charge in [0.2, 0.25) is 0 Å². The predicted molar refractivity (Wildman–Crippen MR) is 84.6 cm³/mol. The largest absolute Gasteiger partial charge is 0.348 e. The molecular formula is C15H15ClN6. The van der Waals surface area contributed by atoms with E-state index in [2.05, 4.69) is 27.3 Å². The molecule has 7 heteroatoms. The highest BCUT2D eigenvalue weighted by atomic mass is 35.5. The highest BCUT2D eigenvalue weighted by molar-refractivity contribution is 6.33. The fourth-order valence-electron chi connectivity index (χ4n) is 2.71. The molecule has 1 aliphatic heterocycles. The number of rotatable bonds is 3. The molecule has 2 aromatic heterocycles. The van der Waals surface area contributed by atoms with Crippen LogP contribution in [0.25, 0.3) is 11.4 Å². The molecule has 0 aromatic carbocycles. The number of fused-ring (bicyclic) bond motifs is 1. The molecule has 0 aliphatic carbocycles. The Kier molecular flexibility index (Phi) is 3.79. The standard InChI is InChI=1S/C15H15ClN6/c1-3-7-21(2)15-10(9-17)13(18-19-15)14-12(16)11-6-4-5-8-22(11)20-14/h1H,4-8H2,2H3,(H,18,19). The Morgan fingerprint density at radius 1 is 1.45 bits per heavy atom. The van der Waals surface area contributed by atoms with Crippen molar-refractivity contribution in [3.63, 3.8) is 0 Å². The number of nitrogens with one attached hydrogen (secondary N) is 1. The number of nitriles is 1. The van der Waals surface area contributed by atoms with Gasteiger partial charge in [-0.15, -0.1) is 6.42 Å². The summed E-state index contributed by atoms with van der Waals surface area (Å²) < 4.78 is 1.92. The Labute approximate surface area is 133 Å². The van der Waals surface area contributed by atoms with Gasteiger partial charge in [0.25, 0.3) is 0 Å². The number of hydrogen-bond donors (Lipinski definition) is 1. The summed E-state index contributed by atoms with van der Waals surface area (Å²) in [7, 11) is 1.80. The van der Waals surface area contributed by atoms with E-state index in [0.29, 0.717) is 34.3 Å². The third-order valence-corrected chi connectivity index (χ3v) is 4.22. The van der Waals surface area contributed by atoms with E-state index in [1.807, 2.05) is 4.68 Å². The molecule has 0 fully saturated rings. The zero-order chi connectivity index (χ0) is 15.7. The third-order valence-electron chi connectivity index (χ3n) is 3.82. The van der Waals surface area contributed by atoms with Crippen LogP contribution in [-0.2, 0) is 13.0 Å². The van der Waals surface area contributed by atoms with E-state index in [1.54, 1.807) is 11.9 Å². The summed E-state index contributed by atoms with van der Waals surface area (Å²) in [6.45, 7) is 1.23. The van der Waals surface area contributed by atoms with Gasteiger partial charge in [-0.25, -0.2) is 0 Å². The van der Waals surface area contributed by atoms with Gasteiger partial charge in [-0.2, -0.15) is 15.5 Å². The average Bonchev–Trinajstić information content (AvgIpc) is 3.09. The minimum Gasteiger partial charge on any atom is -0.348 e. The minimum atomic E-state index is 0.379. The zero-order valence-corrected chi connectivity index (χ0v) is 13.0. The second-order valence-electron chi connectivity index (χ2n) is 5.26. The molecule has 0 saturated carbocycles. The van der Waals surface area contributed by atoms with Crippen LogP contribution >= 0.6 is 11.6 Å². The number of aromatic amines is 1.